The molecule has 0 bridgehead atoms. The average molecular weight is 297 g/mol. The SMILES string of the molecule is CC(=O)c1ccc2c(c1)CCN2C(=O)Cc1cccc(F)c1. The Hall–Kier alpha value is -2.49. The van der Waals surface area contributed by atoms with Gasteiger partial charge in [-0.25, -0.2) is 4.39 Å². The van der Waals surface area contributed by atoms with Crippen LogP contribution in [0.4, 0.5) is 10.1 Å². The summed E-state index contributed by atoms with van der Waals surface area (Å²) in [6, 6.07) is 11.5. The number of anilines is 1. The van der Waals surface area contributed by atoms with Gasteiger partial charge in [0.25, 0.3) is 0 Å². The number of nitrogens with zero attached hydrogens (tertiary/aromatic N) is 1. The maximum Gasteiger partial charge on any atom is 0.231 e. The van der Waals surface area contributed by atoms with Crippen molar-refractivity contribution in [3.63, 3.8) is 0 Å². The van der Waals surface area contributed by atoms with Crippen molar-refractivity contribution in [2.24, 2.45) is 0 Å². The second kappa shape index (κ2) is 5.72. The van der Waals surface area contributed by atoms with E-state index in [-0.39, 0.29) is 23.9 Å². The van der Waals surface area contributed by atoms with Crippen LogP contribution in [0.2, 0.25) is 0 Å². The van der Waals surface area contributed by atoms with Crippen molar-refractivity contribution >= 4 is 17.4 Å². The van der Waals surface area contributed by atoms with E-state index in [1.165, 1.54) is 19.1 Å². The van der Waals surface area contributed by atoms with Gasteiger partial charge in [-0.15, -0.1) is 0 Å². The molecule has 3 nitrogen and oxygen atoms in total. The number of rotatable bonds is 3. The molecule has 0 N–H and O–H groups in total. The Bertz CT molecular complexity index is 755. The van der Waals surface area contributed by atoms with E-state index in [0.29, 0.717) is 17.7 Å². The zero-order chi connectivity index (χ0) is 15.7. The number of carbonyl (C=O) groups is 2. The van der Waals surface area contributed by atoms with Gasteiger partial charge in [-0.1, -0.05) is 12.1 Å². The van der Waals surface area contributed by atoms with Crippen molar-refractivity contribution < 1.29 is 14.0 Å². The minimum absolute atomic E-state index is 0.0207. The molecule has 3 rings (SSSR count). The Morgan fingerprint density at radius 2 is 2.00 bits per heavy atom. The number of halogens is 1. The maximum absolute atomic E-state index is 13.2. The van der Waals surface area contributed by atoms with E-state index >= 15 is 0 Å². The molecule has 2 aromatic rings. The van der Waals surface area contributed by atoms with Crippen molar-refractivity contribution in [3.05, 3.63) is 65.0 Å². The minimum atomic E-state index is -0.335. The van der Waals surface area contributed by atoms with E-state index in [1.807, 2.05) is 12.1 Å². The predicted octanol–water partition coefficient (Wildman–Crippen LogP) is 3.16. The molecule has 22 heavy (non-hydrogen) atoms. The third kappa shape index (κ3) is 2.77. The summed E-state index contributed by atoms with van der Waals surface area (Å²) in [5.41, 5.74) is 3.20. The average Bonchev–Trinajstić information content (AvgIpc) is 2.90. The molecule has 1 heterocycles. The van der Waals surface area contributed by atoms with Gasteiger partial charge in [0.2, 0.25) is 5.91 Å². The summed E-state index contributed by atoms with van der Waals surface area (Å²) in [5, 5.41) is 0. The first-order chi connectivity index (χ1) is 10.5. The molecule has 1 aliphatic heterocycles. The van der Waals surface area contributed by atoms with Gasteiger partial charge in [-0.3, -0.25) is 9.59 Å². The maximum atomic E-state index is 13.2. The first-order valence-electron chi connectivity index (χ1n) is 7.23. The lowest BCUT2D eigenvalue weighted by Crippen LogP contribution is -2.30. The van der Waals surface area contributed by atoms with Gasteiger partial charge >= 0.3 is 0 Å². The van der Waals surface area contributed by atoms with Crippen molar-refractivity contribution in [3.8, 4) is 0 Å². The Kier molecular flexibility index (Phi) is 3.75. The van der Waals surface area contributed by atoms with Gasteiger partial charge in [0, 0.05) is 17.8 Å². The Morgan fingerprint density at radius 3 is 2.73 bits per heavy atom. The van der Waals surface area contributed by atoms with Gasteiger partial charge in [0.1, 0.15) is 5.82 Å². The zero-order valence-electron chi connectivity index (χ0n) is 12.3. The van der Waals surface area contributed by atoms with Crippen molar-refractivity contribution in [2.45, 2.75) is 19.8 Å². The molecular weight excluding hydrogens is 281 g/mol. The quantitative estimate of drug-likeness (QED) is 0.816. The molecule has 0 saturated carbocycles. The topological polar surface area (TPSA) is 37.4 Å². The van der Waals surface area contributed by atoms with Gasteiger partial charge in [-0.2, -0.15) is 0 Å². The molecule has 0 spiro atoms. The fourth-order valence-electron chi connectivity index (χ4n) is 2.80. The zero-order valence-corrected chi connectivity index (χ0v) is 12.3. The third-order valence-corrected chi connectivity index (χ3v) is 3.93. The van der Waals surface area contributed by atoms with E-state index < -0.39 is 0 Å². The molecule has 0 aromatic heterocycles. The van der Waals surface area contributed by atoms with E-state index in [2.05, 4.69) is 0 Å². The van der Waals surface area contributed by atoms with Crippen LogP contribution >= 0.6 is 0 Å². The van der Waals surface area contributed by atoms with E-state index in [0.717, 1.165) is 17.7 Å². The number of benzene rings is 2. The second-order valence-corrected chi connectivity index (χ2v) is 5.50. The van der Waals surface area contributed by atoms with E-state index in [4.69, 9.17) is 0 Å². The minimum Gasteiger partial charge on any atom is -0.312 e. The molecule has 2 aromatic carbocycles. The van der Waals surface area contributed by atoms with Gasteiger partial charge in [0.15, 0.2) is 5.78 Å². The molecule has 1 aliphatic rings. The molecule has 0 saturated heterocycles. The predicted molar refractivity (Wildman–Crippen MR) is 82.6 cm³/mol. The summed E-state index contributed by atoms with van der Waals surface area (Å²) in [5.74, 6) is -0.370. The van der Waals surface area contributed by atoms with Crippen LogP contribution in [0.3, 0.4) is 0 Å². The summed E-state index contributed by atoms with van der Waals surface area (Å²) < 4.78 is 13.2. The van der Waals surface area contributed by atoms with Crippen molar-refractivity contribution in [2.75, 3.05) is 11.4 Å². The fraction of sp³-hybridized carbons (Fsp3) is 0.222. The van der Waals surface area contributed by atoms with Crippen LogP contribution in [0.15, 0.2) is 42.5 Å². The smallest absolute Gasteiger partial charge is 0.231 e. The van der Waals surface area contributed by atoms with Crippen LogP contribution < -0.4 is 4.90 Å². The highest BCUT2D eigenvalue weighted by molar-refractivity contribution is 5.99. The van der Waals surface area contributed by atoms with Gasteiger partial charge in [-0.05, 0) is 54.8 Å². The Balaban J connectivity index is 1.80. The molecule has 0 radical (unpaired) electrons. The van der Waals surface area contributed by atoms with E-state index in [9.17, 15) is 14.0 Å². The summed E-state index contributed by atoms with van der Waals surface area (Å²) in [6.07, 6.45) is 0.914. The van der Waals surface area contributed by atoms with Crippen molar-refractivity contribution in [1.29, 1.82) is 0 Å². The molecule has 0 atom stereocenters. The highest BCUT2D eigenvalue weighted by atomic mass is 19.1. The van der Waals surface area contributed by atoms with Gasteiger partial charge < -0.3 is 4.90 Å². The first-order valence-corrected chi connectivity index (χ1v) is 7.23. The molecule has 0 aliphatic carbocycles. The number of carbonyl (C=O) groups excluding carboxylic acids is 2. The normalized spacial score (nSPS) is 13.1. The molecule has 4 heteroatoms. The van der Waals surface area contributed by atoms with Crippen LogP contribution in [0.1, 0.15) is 28.4 Å². The highest BCUT2D eigenvalue weighted by Gasteiger charge is 2.25. The van der Waals surface area contributed by atoms with Crippen LogP contribution in [-0.4, -0.2) is 18.2 Å². The molecule has 0 fully saturated rings. The van der Waals surface area contributed by atoms with Crippen LogP contribution in [0, 0.1) is 5.82 Å². The number of hydrogen-bond acceptors (Lipinski definition) is 2. The lowest BCUT2D eigenvalue weighted by Gasteiger charge is -2.17. The first kappa shape index (κ1) is 14.4. The number of amides is 1. The van der Waals surface area contributed by atoms with E-state index in [1.54, 1.807) is 23.1 Å². The van der Waals surface area contributed by atoms with Gasteiger partial charge in [0.05, 0.1) is 6.42 Å². The monoisotopic (exact) mass is 297 g/mol. The van der Waals surface area contributed by atoms with Crippen molar-refractivity contribution in [1.82, 2.24) is 0 Å². The number of hydrogen-bond donors (Lipinski definition) is 0. The standard InChI is InChI=1S/C18H16FNO2/c1-12(21)14-5-6-17-15(11-14)7-8-20(17)18(22)10-13-3-2-4-16(19)9-13/h2-6,9,11H,7-8,10H2,1H3. The summed E-state index contributed by atoms with van der Waals surface area (Å²) in [4.78, 5) is 25.6. The molecule has 112 valence electrons. The second-order valence-electron chi connectivity index (χ2n) is 5.50. The lowest BCUT2D eigenvalue weighted by atomic mass is 10.1. The number of ketones is 1. The van der Waals surface area contributed by atoms with Crippen LogP contribution in [0.5, 0.6) is 0 Å². The summed E-state index contributed by atoms with van der Waals surface area (Å²) in [7, 11) is 0. The Morgan fingerprint density at radius 1 is 1.18 bits per heavy atom. The molecule has 1 amide bonds. The molecule has 0 unspecified atom stereocenters. The highest BCUT2D eigenvalue weighted by Crippen LogP contribution is 2.29. The number of Topliss-reactive ketones (excluding diaryl/α,β-unsaturated/α-hetero) is 1. The fourth-order valence-corrected chi connectivity index (χ4v) is 2.80. The largest absolute Gasteiger partial charge is 0.312 e. The van der Waals surface area contributed by atoms with Crippen LogP contribution in [0.25, 0.3) is 0 Å². The Labute approximate surface area is 128 Å². The number of fused-ring (bicyclic) bond motifs is 1. The summed E-state index contributed by atoms with van der Waals surface area (Å²) >= 11 is 0. The molecular formula is C18H16FNO2. The van der Waals surface area contributed by atoms with Crippen LogP contribution in [-0.2, 0) is 17.6 Å². The lowest BCUT2D eigenvalue weighted by molar-refractivity contribution is -0.117. The summed E-state index contributed by atoms with van der Waals surface area (Å²) in [6.45, 7) is 2.13. The third-order valence-electron chi connectivity index (χ3n) is 3.93.